The maximum atomic E-state index is 11.4. The van der Waals surface area contributed by atoms with Crippen molar-refractivity contribution in [2.45, 2.75) is 6.92 Å². The molecular weight excluding hydrogens is 302 g/mol. The van der Waals surface area contributed by atoms with Crippen molar-refractivity contribution in [2.24, 2.45) is 0 Å². The first-order valence-corrected chi connectivity index (χ1v) is 6.52. The number of rotatable bonds is 4. The van der Waals surface area contributed by atoms with Crippen LogP contribution < -0.4 is 15.6 Å². The van der Waals surface area contributed by atoms with Crippen LogP contribution in [0.2, 0.25) is 0 Å². The van der Waals surface area contributed by atoms with Crippen LogP contribution in [-0.2, 0) is 4.79 Å². The molecule has 9 heteroatoms. The fourth-order valence-electron chi connectivity index (χ4n) is 1.76. The van der Waals surface area contributed by atoms with E-state index in [1.54, 1.807) is 28.5 Å². The van der Waals surface area contributed by atoms with E-state index in [9.17, 15) is 9.59 Å². The van der Waals surface area contributed by atoms with E-state index in [0.717, 1.165) is 11.8 Å². The molecule has 0 unspecified atom stereocenters. The third-order valence-corrected chi connectivity index (χ3v) is 2.74. The van der Waals surface area contributed by atoms with E-state index in [2.05, 4.69) is 9.97 Å². The van der Waals surface area contributed by atoms with Crippen molar-refractivity contribution in [3.05, 3.63) is 42.1 Å². The molecule has 23 heavy (non-hydrogen) atoms. The molecule has 0 aliphatic rings. The number of nitrogens with one attached hydrogen (secondary N) is 2. The summed E-state index contributed by atoms with van der Waals surface area (Å²) in [7, 11) is 1.49. The molecule has 0 saturated carbocycles. The largest absolute Gasteiger partial charge is 0.479 e. The van der Waals surface area contributed by atoms with Crippen LogP contribution in [0.15, 0.2) is 30.7 Å². The summed E-state index contributed by atoms with van der Waals surface area (Å²) >= 11 is 0. The van der Waals surface area contributed by atoms with Crippen molar-refractivity contribution in [1.82, 2.24) is 25.4 Å². The van der Waals surface area contributed by atoms with Gasteiger partial charge in [-0.15, -0.1) is 0 Å². The summed E-state index contributed by atoms with van der Waals surface area (Å²) in [6, 6.07) is 3.47. The standard InChI is InChI=1S/C14H15N5O4/c1-9-7-19(8-15-9)11-5-3-10(16-13(11)23-2)4-6-12(20)17-18-14(21)22/h3-8,18H,1-2H3,(H,17,20)(H,21,22). The van der Waals surface area contributed by atoms with Gasteiger partial charge in [0.25, 0.3) is 5.91 Å². The van der Waals surface area contributed by atoms with Gasteiger partial charge in [-0.1, -0.05) is 0 Å². The van der Waals surface area contributed by atoms with Gasteiger partial charge in [-0.25, -0.2) is 20.2 Å². The molecule has 2 aromatic rings. The van der Waals surface area contributed by atoms with E-state index < -0.39 is 12.0 Å². The van der Waals surface area contributed by atoms with Gasteiger partial charge in [-0.05, 0) is 25.1 Å². The highest BCUT2D eigenvalue weighted by Gasteiger charge is 2.08. The molecule has 2 aromatic heterocycles. The topological polar surface area (TPSA) is 118 Å². The van der Waals surface area contributed by atoms with Crippen molar-refractivity contribution in [1.29, 1.82) is 0 Å². The highest BCUT2D eigenvalue weighted by Crippen LogP contribution is 2.21. The Morgan fingerprint density at radius 2 is 2.13 bits per heavy atom. The number of hydrogen-bond donors (Lipinski definition) is 3. The lowest BCUT2D eigenvalue weighted by molar-refractivity contribution is -0.117. The SMILES string of the molecule is COc1nc(C=CC(=O)NNC(=O)O)ccc1-n1cnc(C)c1. The lowest BCUT2D eigenvalue weighted by atomic mass is 10.3. The molecule has 120 valence electrons. The van der Waals surface area contributed by atoms with E-state index in [4.69, 9.17) is 9.84 Å². The highest BCUT2D eigenvalue weighted by molar-refractivity contribution is 5.92. The summed E-state index contributed by atoms with van der Waals surface area (Å²) in [5.74, 6) is -0.254. The van der Waals surface area contributed by atoms with Gasteiger partial charge in [0.1, 0.15) is 5.69 Å². The summed E-state index contributed by atoms with van der Waals surface area (Å²) in [5, 5.41) is 8.37. The van der Waals surface area contributed by atoms with E-state index in [0.29, 0.717) is 17.3 Å². The van der Waals surface area contributed by atoms with Crippen molar-refractivity contribution >= 4 is 18.1 Å². The lowest BCUT2D eigenvalue weighted by Crippen LogP contribution is -2.39. The Morgan fingerprint density at radius 1 is 1.35 bits per heavy atom. The first kappa shape index (κ1) is 16.0. The molecule has 0 fully saturated rings. The molecule has 3 N–H and O–H groups in total. The second-order valence-electron chi connectivity index (χ2n) is 4.44. The number of methoxy groups -OCH3 is 1. The van der Waals surface area contributed by atoms with E-state index in [-0.39, 0.29) is 0 Å². The minimum Gasteiger partial charge on any atom is -0.479 e. The number of carboxylic acid groups (broad SMARTS) is 1. The lowest BCUT2D eigenvalue weighted by Gasteiger charge is -2.08. The molecule has 2 amide bonds. The van der Waals surface area contributed by atoms with Gasteiger partial charge in [0, 0.05) is 12.3 Å². The van der Waals surface area contributed by atoms with Crippen LogP contribution in [-0.4, -0.2) is 38.8 Å². The average molecular weight is 317 g/mol. The molecule has 2 rings (SSSR count). The van der Waals surface area contributed by atoms with Gasteiger partial charge < -0.3 is 14.4 Å². The number of carbonyl (C=O) groups is 2. The van der Waals surface area contributed by atoms with Crippen LogP contribution >= 0.6 is 0 Å². The molecule has 9 nitrogen and oxygen atoms in total. The Balaban J connectivity index is 2.16. The number of aromatic nitrogens is 3. The fourth-order valence-corrected chi connectivity index (χ4v) is 1.76. The monoisotopic (exact) mass is 317 g/mol. The minimum absolute atomic E-state index is 0.369. The molecule has 0 bridgehead atoms. The summed E-state index contributed by atoms with van der Waals surface area (Å²) < 4.78 is 7.03. The third kappa shape index (κ3) is 4.30. The third-order valence-electron chi connectivity index (χ3n) is 2.74. The molecule has 0 spiro atoms. The Kier molecular flexibility index (Phi) is 4.92. The number of amides is 2. The average Bonchev–Trinajstić information content (AvgIpc) is 2.96. The van der Waals surface area contributed by atoms with Gasteiger partial charge >= 0.3 is 6.09 Å². The van der Waals surface area contributed by atoms with Crippen molar-refractivity contribution in [3.8, 4) is 11.6 Å². The van der Waals surface area contributed by atoms with E-state index >= 15 is 0 Å². The second-order valence-corrected chi connectivity index (χ2v) is 4.44. The Hall–Kier alpha value is -3.36. The zero-order valence-electron chi connectivity index (χ0n) is 12.5. The number of aryl methyl sites for hydroxylation is 1. The Labute approximate surface area is 131 Å². The number of nitrogens with zero attached hydrogens (tertiary/aromatic N) is 3. The first-order chi connectivity index (χ1) is 11.0. The van der Waals surface area contributed by atoms with Gasteiger partial charge in [0.2, 0.25) is 5.88 Å². The molecule has 0 aromatic carbocycles. The van der Waals surface area contributed by atoms with E-state index in [1.807, 2.05) is 18.5 Å². The summed E-state index contributed by atoms with van der Waals surface area (Å²) in [5.41, 5.74) is 5.77. The molecule has 0 aliphatic carbocycles. The Bertz CT molecular complexity index is 753. The molecule has 2 heterocycles. The van der Waals surface area contributed by atoms with Crippen LogP contribution in [0, 0.1) is 6.92 Å². The maximum Gasteiger partial charge on any atom is 0.423 e. The highest BCUT2D eigenvalue weighted by atomic mass is 16.5. The van der Waals surface area contributed by atoms with Crippen molar-refractivity contribution < 1.29 is 19.4 Å². The number of ether oxygens (including phenoxy) is 1. The number of imidazole rings is 1. The minimum atomic E-state index is -1.36. The number of hydrazine groups is 1. The van der Waals surface area contributed by atoms with Crippen molar-refractivity contribution in [2.75, 3.05) is 7.11 Å². The van der Waals surface area contributed by atoms with Crippen LogP contribution in [0.5, 0.6) is 5.88 Å². The van der Waals surface area contributed by atoms with Crippen molar-refractivity contribution in [3.63, 3.8) is 0 Å². The van der Waals surface area contributed by atoms with Gasteiger partial charge in [0.05, 0.1) is 24.8 Å². The normalized spacial score (nSPS) is 10.5. The number of hydrogen-bond acceptors (Lipinski definition) is 5. The van der Waals surface area contributed by atoms with Crippen LogP contribution in [0.1, 0.15) is 11.4 Å². The first-order valence-electron chi connectivity index (χ1n) is 6.52. The molecule has 0 radical (unpaired) electrons. The smallest absolute Gasteiger partial charge is 0.423 e. The predicted molar refractivity (Wildman–Crippen MR) is 81.0 cm³/mol. The maximum absolute atomic E-state index is 11.4. The molecule has 0 atom stereocenters. The fraction of sp³-hybridized carbons (Fsp3) is 0.143. The quantitative estimate of drug-likeness (QED) is 0.569. The summed E-state index contributed by atoms with van der Waals surface area (Å²) in [4.78, 5) is 30.0. The van der Waals surface area contributed by atoms with Crippen LogP contribution in [0.25, 0.3) is 11.8 Å². The Morgan fingerprint density at radius 3 is 2.74 bits per heavy atom. The molecular formula is C14H15N5O4. The zero-order chi connectivity index (χ0) is 16.8. The second kappa shape index (κ2) is 7.07. The zero-order valence-corrected chi connectivity index (χ0v) is 12.5. The predicted octanol–water partition coefficient (Wildman–Crippen LogP) is 0.896. The summed E-state index contributed by atoms with van der Waals surface area (Å²) in [6.45, 7) is 1.87. The van der Waals surface area contributed by atoms with Crippen LogP contribution in [0.4, 0.5) is 4.79 Å². The van der Waals surface area contributed by atoms with E-state index in [1.165, 1.54) is 13.2 Å². The molecule has 0 saturated heterocycles. The van der Waals surface area contributed by atoms with Gasteiger partial charge in [0.15, 0.2) is 0 Å². The summed E-state index contributed by atoms with van der Waals surface area (Å²) in [6.07, 6.45) is 4.71. The van der Waals surface area contributed by atoms with Gasteiger partial charge in [-0.2, -0.15) is 0 Å². The van der Waals surface area contributed by atoms with Crippen LogP contribution in [0.3, 0.4) is 0 Å². The van der Waals surface area contributed by atoms with Gasteiger partial charge in [-0.3, -0.25) is 10.2 Å². The number of carbonyl (C=O) groups excluding carboxylic acids is 1. The number of pyridine rings is 1. The molecule has 0 aliphatic heterocycles.